The van der Waals surface area contributed by atoms with Crippen molar-refractivity contribution < 1.29 is 14.3 Å². The summed E-state index contributed by atoms with van der Waals surface area (Å²) in [6, 6.07) is 7.23. The van der Waals surface area contributed by atoms with Crippen LogP contribution in [0.25, 0.3) is 0 Å². The first-order chi connectivity index (χ1) is 10.1. The van der Waals surface area contributed by atoms with E-state index in [9.17, 15) is 9.59 Å². The molecule has 0 aliphatic carbocycles. The van der Waals surface area contributed by atoms with Gasteiger partial charge in [-0.1, -0.05) is 12.1 Å². The molecule has 0 bridgehead atoms. The van der Waals surface area contributed by atoms with Gasteiger partial charge < -0.3 is 15.0 Å². The van der Waals surface area contributed by atoms with Crippen LogP contribution < -0.4 is 10.1 Å². The van der Waals surface area contributed by atoms with E-state index in [1.807, 2.05) is 31.2 Å². The van der Waals surface area contributed by atoms with Gasteiger partial charge in [0.1, 0.15) is 5.75 Å². The standard InChI is InChI=1S/C16H22N2O3/c1-12(13-6-8-14(21-2)9-7-13)17-15(19)16(20)18-10-4-3-5-11-18/h6-9,12H,3-5,10-11H2,1-2H3,(H,17,19). The van der Waals surface area contributed by atoms with Gasteiger partial charge in [-0.3, -0.25) is 9.59 Å². The van der Waals surface area contributed by atoms with E-state index in [1.54, 1.807) is 12.0 Å². The Labute approximate surface area is 125 Å². The molecule has 0 spiro atoms. The van der Waals surface area contributed by atoms with Crippen LogP contribution in [0, 0.1) is 0 Å². The van der Waals surface area contributed by atoms with Gasteiger partial charge in [0, 0.05) is 13.1 Å². The predicted molar refractivity (Wildman–Crippen MR) is 80.0 cm³/mol. The number of hydrogen-bond donors (Lipinski definition) is 1. The molecular weight excluding hydrogens is 268 g/mol. The highest BCUT2D eigenvalue weighted by atomic mass is 16.5. The summed E-state index contributed by atoms with van der Waals surface area (Å²) in [5.74, 6) is -0.183. The number of nitrogens with zero attached hydrogens (tertiary/aromatic N) is 1. The van der Waals surface area contributed by atoms with Gasteiger partial charge in [0.2, 0.25) is 0 Å². The highest BCUT2D eigenvalue weighted by Gasteiger charge is 2.24. The van der Waals surface area contributed by atoms with E-state index >= 15 is 0 Å². The van der Waals surface area contributed by atoms with Crippen LogP contribution in [0.1, 0.15) is 37.8 Å². The molecule has 5 heteroatoms. The van der Waals surface area contributed by atoms with Crippen LogP contribution >= 0.6 is 0 Å². The number of likely N-dealkylation sites (tertiary alicyclic amines) is 1. The Hall–Kier alpha value is -2.04. The molecule has 21 heavy (non-hydrogen) atoms. The molecule has 5 nitrogen and oxygen atoms in total. The van der Waals surface area contributed by atoms with Crippen molar-refractivity contribution in [3.05, 3.63) is 29.8 Å². The quantitative estimate of drug-likeness (QED) is 0.865. The minimum atomic E-state index is -0.528. The molecule has 0 aromatic heterocycles. The molecule has 1 atom stereocenters. The number of carbonyl (C=O) groups excluding carboxylic acids is 2. The lowest BCUT2D eigenvalue weighted by Crippen LogP contribution is -2.45. The average molecular weight is 290 g/mol. The lowest BCUT2D eigenvalue weighted by molar-refractivity contribution is -0.146. The maximum atomic E-state index is 12.1. The molecule has 1 heterocycles. The normalized spacial score (nSPS) is 16.2. The molecule has 0 saturated carbocycles. The van der Waals surface area contributed by atoms with Crippen molar-refractivity contribution in [3.63, 3.8) is 0 Å². The molecule has 1 aromatic rings. The van der Waals surface area contributed by atoms with Gasteiger partial charge in [-0.25, -0.2) is 0 Å². The topological polar surface area (TPSA) is 58.6 Å². The minimum absolute atomic E-state index is 0.211. The highest BCUT2D eigenvalue weighted by Crippen LogP contribution is 2.17. The van der Waals surface area contributed by atoms with E-state index in [0.29, 0.717) is 13.1 Å². The Morgan fingerprint density at radius 2 is 1.76 bits per heavy atom. The van der Waals surface area contributed by atoms with Gasteiger partial charge in [0.05, 0.1) is 13.2 Å². The molecule has 1 unspecified atom stereocenters. The number of piperidine rings is 1. The maximum Gasteiger partial charge on any atom is 0.311 e. The SMILES string of the molecule is COc1ccc(C(C)NC(=O)C(=O)N2CCCCC2)cc1. The second-order valence-electron chi connectivity index (χ2n) is 5.32. The van der Waals surface area contributed by atoms with Crippen LogP contribution in [0.5, 0.6) is 5.75 Å². The number of ether oxygens (including phenoxy) is 1. The zero-order chi connectivity index (χ0) is 15.2. The molecule has 1 aliphatic heterocycles. The summed E-state index contributed by atoms with van der Waals surface area (Å²) in [5, 5.41) is 2.76. The number of nitrogens with one attached hydrogen (secondary N) is 1. The zero-order valence-corrected chi connectivity index (χ0v) is 12.6. The third-order valence-corrected chi connectivity index (χ3v) is 3.80. The molecule has 2 rings (SSSR count). The summed E-state index contributed by atoms with van der Waals surface area (Å²) >= 11 is 0. The van der Waals surface area contributed by atoms with Gasteiger partial charge in [-0.15, -0.1) is 0 Å². The fourth-order valence-electron chi connectivity index (χ4n) is 2.47. The third-order valence-electron chi connectivity index (χ3n) is 3.80. The predicted octanol–water partition coefficient (Wildman–Crippen LogP) is 1.88. The number of carbonyl (C=O) groups is 2. The van der Waals surface area contributed by atoms with Crippen molar-refractivity contribution >= 4 is 11.8 Å². The van der Waals surface area contributed by atoms with Crippen molar-refractivity contribution in [2.24, 2.45) is 0 Å². The summed E-state index contributed by atoms with van der Waals surface area (Å²) in [6.45, 7) is 3.23. The van der Waals surface area contributed by atoms with E-state index in [-0.39, 0.29) is 6.04 Å². The first-order valence-corrected chi connectivity index (χ1v) is 7.35. The summed E-state index contributed by atoms with van der Waals surface area (Å²) in [4.78, 5) is 25.7. The summed E-state index contributed by atoms with van der Waals surface area (Å²) in [5.41, 5.74) is 0.940. The molecule has 1 fully saturated rings. The Morgan fingerprint density at radius 3 is 2.33 bits per heavy atom. The highest BCUT2D eigenvalue weighted by molar-refractivity contribution is 6.35. The van der Waals surface area contributed by atoms with Crippen molar-refractivity contribution in [1.29, 1.82) is 0 Å². The molecule has 1 aromatic carbocycles. The minimum Gasteiger partial charge on any atom is -0.497 e. The van der Waals surface area contributed by atoms with Crippen LogP contribution in [0.2, 0.25) is 0 Å². The van der Waals surface area contributed by atoms with Gasteiger partial charge in [0.25, 0.3) is 0 Å². The fourth-order valence-corrected chi connectivity index (χ4v) is 2.47. The number of methoxy groups -OCH3 is 1. The molecule has 0 radical (unpaired) electrons. The largest absolute Gasteiger partial charge is 0.497 e. The summed E-state index contributed by atoms with van der Waals surface area (Å²) in [6.07, 6.45) is 3.09. The Morgan fingerprint density at radius 1 is 1.14 bits per heavy atom. The van der Waals surface area contributed by atoms with E-state index < -0.39 is 11.8 Å². The maximum absolute atomic E-state index is 12.1. The number of amides is 2. The first-order valence-electron chi connectivity index (χ1n) is 7.35. The van der Waals surface area contributed by atoms with Crippen molar-refractivity contribution in [3.8, 4) is 5.75 Å². The molecule has 114 valence electrons. The van der Waals surface area contributed by atoms with E-state index in [2.05, 4.69) is 5.32 Å². The van der Waals surface area contributed by atoms with Crippen molar-refractivity contribution in [2.45, 2.75) is 32.2 Å². The first kappa shape index (κ1) is 15.4. The number of rotatable bonds is 3. The van der Waals surface area contributed by atoms with Crippen LogP contribution in [-0.2, 0) is 9.59 Å². The van der Waals surface area contributed by atoms with Gasteiger partial charge in [0.15, 0.2) is 0 Å². The van der Waals surface area contributed by atoms with Crippen molar-refractivity contribution in [1.82, 2.24) is 10.2 Å². The third kappa shape index (κ3) is 3.97. The average Bonchev–Trinajstić information content (AvgIpc) is 2.55. The van der Waals surface area contributed by atoms with Crippen LogP contribution in [-0.4, -0.2) is 36.9 Å². The van der Waals surface area contributed by atoms with Crippen molar-refractivity contribution in [2.75, 3.05) is 20.2 Å². The van der Waals surface area contributed by atoms with E-state index in [1.165, 1.54) is 0 Å². The summed E-state index contributed by atoms with van der Waals surface area (Å²) < 4.78 is 5.10. The summed E-state index contributed by atoms with van der Waals surface area (Å²) in [7, 11) is 1.61. The smallest absolute Gasteiger partial charge is 0.311 e. The van der Waals surface area contributed by atoms with Crippen LogP contribution in [0.3, 0.4) is 0 Å². The van der Waals surface area contributed by atoms with Gasteiger partial charge >= 0.3 is 11.8 Å². The van der Waals surface area contributed by atoms with E-state index in [4.69, 9.17) is 4.74 Å². The van der Waals surface area contributed by atoms with Gasteiger partial charge in [-0.2, -0.15) is 0 Å². The van der Waals surface area contributed by atoms with Crippen LogP contribution in [0.15, 0.2) is 24.3 Å². The second kappa shape index (κ2) is 7.11. The lowest BCUT2D eigenvalue weighted by atomic mass is 10.1. The lowest BCUT2D eigenvalue weighted by Gasteiger charge is -2.26. The number of benzene rings is 1. The second-order valence-corrected chi connectivity index (χ2v) is 5.32. The Balaban J connectivity index is 1.92. The monoisotopic (exact) mass is 290 g/mol. The molecule has 1 saturated heterocycles. The van der Waals surface area contributed by atoms with Gasteiger partial charge in [-0.05, 0) is 43.9 Å². The number of hydrogen-bond acceptors (Lipinski definition) is 3. The molecule has 1 aliphatic rings. The molecule has 1 N–H and O–H groups in total. The Bertz CT molecular complexity index is 493. The van der Waals surface area contributed by atoms with E-state index in [0.717, 1.165) is 30.6 Å². The Kier molecular flexibility index (Phi) is 5.20. The molecule has 2 amide bonds. The fraction of sp³-hybridized carbons (Fsp3) is 0.500. The zero-order valence-electron chi connectivity index (χ0n) is 12.6. The van der Waals surface area contributed by atoms with Crippen LogP contribution in [0.4, 0.5) is 0 Å². The molecular formula is C16H22N2O3.